The molecule has 0 N–H and O–H groups in total. The average molecular weight is 801 g/mol. The molecule has 312 valence electrons. The first-order chi connectivity index (χ1) is 27.9. The number of amides is 3. The maximum absolute atomic E-state index is 13.9. The predicted molar refractivity (Wildman–Crippen MR) is 236 cm³/mol. The highest BCUT2D eigenvalue weighted by Gasteiger charge is 2.30. The second-order valence-corrected chi connectivity index (χ2v) is 17.6. The second kappa shape index (κ2) is 19.2. The van der Waals surface area contributed by atoms with Crippen LogP contribution in [0.15, 0.2) is 120 Å². The first-order valence-corrected chi connectivity index (χ1v) is 20.4. The van der Waals surface area contributed by atoms with Crippen molar-refractivity contribution in [3.63, 3.8) is 0 Å². The van der Waals surface area contributed by atoms with E-state index >= 15 is 0 Å². The van der Waals surface area contributed by atoms with Gasteiger partial charge in [0.1, 0.15) is 16.8 Å². The summed E-state index contributed by atoms with van der Waals surface area (Å²) in [6.45, 7) is 17.5. The molecule has 3 amide bonds. The molecule has 0 spiro atoms. The quantitative estimate of drug-likeness (QED) is 0.147. The maximum Gasteiger partial charge on any atom is 0.410 e. The van der Waals surface area contributed by atoms with Crippen molar-refractivity contribution in [1.82, 2.24) is 14.7 Å². The molecular weight excluding hydrogens is 741 g/mol. The number of carbonyl (C=O) groups is 3. The third-order valence-electron chi connectivity index (χ3n) is 9.19. The van der Waals surface area contributed by atoms with Gasteiger partial charge in [0.05, 0.1) is 18.8 Å². The minimum Gasteiger partial charge on any atom is -0.444 e. The van der Waals surface area contributed by atoms with Crippen LogP contribution in [0.25, 0.3) is 11.1 Å². The van der Waals surface area contributed by atoms with Crippen LogP contribution in [0, 0.1) is 0 Å². The number of hydrogen-bond acceptors (Lipinski definition) is 7. The fourth-order valence-corrected chi connectivity index (χ4v) is 6.56. The van der Waals surface area contributed by atoms with Gasteiger partial charge in [0.15, 0.2) is 0 Å². The van der Waals surface area contributed by atoms with E-state index in [1.54, 1.807) is 30.6 Å². The maximum atomic E-state index is 13.9. The van der Waals surface area contributed by atoms with Gasteiger partial charge in [-0.25, -0.2) is 14.4 Å². The number of rotatable bonds is 5. The number of hydrogen-bond donors (Lipinski definition) is 0. The Morgan fingerprint density at radius 3 is 1.14 bits per heavy atom. The summed E-state index contributed by atoms with van der Waals surface area (Å²) < 4.78 is 17.4. The molecule has 0 saturated carbocycles. The Kier molecular flexibility index (Phi) is 14.4. The van der Waals surface area contributed by atoms with E-state index in [0.29, 0.717) is 5.71 Å². The van der Waals surface area contributed by atoms with Gasteiger partial charge in [0.2, 0.25) is 0 Å². The topological polar surface area (TPSA) is 101 Å². The Morgan fingerprint density at radius 2 is 0.763 bits per heavy atom. The summed E-state index contributed by atoms with van der Waals surface area (Å²) in [4.78, 5) is 50.7. The Balaban J connectivity index is 1.60. The summed E-state index contributed by atoms with van der Waals surface area (Å²) in [6, 6.07) is 39.4. The van der Waals surface area contributed by atoms with E-state index in [1.165, 1.54) is 4.90 Å². The van der Waals surface area contributed by atoms with Gasteiger partial charge in [-0.3, -0.25) is 4.99 Å². The highest BCUT2D eigenvalue weighted by molar-refractivity contribution is 6.06. The molecular formula is C49H60N4O6. The molecule has 0 fully saturated rings. The molecule has 0 unspecified atom stereocenters. The minimum absolute atomic E-state index is 0.101. The predicted octanol–water partition coefficient (Wildman–Crippen LogP) is 10.2. The Hall–Kier alpha value is -5.90. The Morgan fingerprint density at radius 1 is 0.441 bits per heavy atom. The van der Waals surface area contributed by atoms with Gasteiger partial charge >= 0.3 is 18.3 Å². The van der Waals surface area contributed by atoms with Gasteiger partial charge < -0.3 is 28.9 Å². The van der Waals surface area contributed by atoms with Crippen molar-refractivity contribution in [2.75, 3.05) is 45.8 Å². The molecule has 0 bridgehead atoms. The fraction of sp³-hybridized carbons (Fsp3) is 0.388. The van der Waals surface area contributed by atoms with Crippen LogP contribution in [0.5, 0.6) is 0 Å². The molecule has 1 heterocycles. The van der Waals surface area contributed by atoms with E-state index in [1.807, 2.05) is 84.0 Å². The summed E-state index contributed by atoms with van der Waals surface area (Å²) in [5, 5.41) is 0. The highest BCUT2D eigenvalue weighted by Crippen LogP contribution is 2.37. The van der Waals surface area contributed by atoms with Gasteiger partial charge in [-0.1, -0.05) is 115 Å². The average Bonchev–Trinajstić information content (AvgIpc) is 3.16. The van der Waals surface area contributed by atoms with Gasteiger partial charge in [-0.2, -0.15) is 0 Å². The van der Waals surface area contributed by atoms with Crippen molar-refractivity contribution in [3.05, 3.63) is 143 Å². The van der Waals surface area contributed by atoms with Crippen molar-refractivity contribution < 1.29 is 28.6 Å². The zero-order valence-electron chi connectivity index (χ0n) is 36.2. The number of aliphatic imine (C=N–C) groups is 1. The van der Waals surface area contributed by atoms with Crippen LogP contribution < -0.4 is 0 Å². The molecule has 1 aliphatic heterocycles. The summed E-state index contributed by atoms with van der Waals surface area (Å²) in [7, 11) is 0. The van der Waals surface area contributed by atoms with Crippen molar-refractivity contribution in [1.29, 1.82) is 0 Å². The number of nitrogens with zero attached hydrogens (tertiary/aromatic N) is 4. The molecule has 4 aromatic carbocycles. The van der Waals surface area contributed by atoms with Crippen LogP contribution in [0.4, 0.5) is 14.4 Å². The Labute approximate surface area is 350 Å². The van der Waals surface area contributed by atoms with Gasteiger partial charge in [-0.15, -0.1) is 0 Å². The molecule has 0 atom stereocenters. The molecule has 5 rings (SSSR count). The fourth-order valence-electron chi connectivity index (χ4n) is 6.56. The SMILES string of the molecule is CC(C)(C)OC(=O)N1CC/N=C(\c2ccc(C(=C(c3ccccc3)c3ccccc3)c3ccccc3)cc2)CN(C(=O)OC(C)(C)C)CCN(C(=O)OC(C)(C)C)CC1. The largest absolute Gasteiger partial charge is 0.444 e. The molecule has 0 radical (unpaired) electrons. The number of carbonyl (C=O) groups excluding carboxylic acids is 3. The molecule has 0 saturated heterocycles. The molecule has 1 aliphatic rings. The lowest BCUT2D eigenvalue weighted by atomic mass is 9.85. The molecule has 0 aromatic heterocycles. The molecule has 4 aromatic rings. The summed E-state index contributed by atoms with van der Waals surface area (Å²) in [5.41, 5.74) is 5.64. The van der Waals surface area contributed by atoms with Crippen LogP contribution in [-0.2, 0) is 14.2 Å². The van der Waals surface area contributed by atoms with Crippen LogP contribution in [0.3, 0.4) is 0 Å². The van der Waals surface area contributed by atoms with Crippen LogP contribution in [0.2, 0.25) is 0 Å². The van der Waals surface area contributed by atoms with Gasteiger partial charge in [0, 0.05) is 32.7 Å². The van der Waals surface area contributed by atoms with E-state index in [9.17, 15) is 14.4 Å². The molecule has 10 nitrogen and oxygen atoms in total. The third-order valence-corrected chi connectivity index (χ3v) is 9.19. The van der Waals surface area contributed by atoms with Gasteiger partial charge in [0.25, 0.3) is 0 Å². The zero-order valence-corrected chi connectivity index (χ0v) is 36.2. The van der Waals surface area contributed by atoms with Crippen LogP contribution >= 0.6 is 0 Å². The van der Waals surface area contributed by atoms with Crippen molar-refractivity contribution in [2.24, 2.45) is 4.99 Å². The summed E-state index contributed by atoms with van der Waals surface area (Å²) in [6.07, 6.45) is -1.56. The lowest BCUT2D eigenvalue weighted by Crippen LogP contribution is -2.49. The number of ether oxygens (including phenoxy) is 3. The standard InChI is InChI=1S/C49H60N4O6/c1-47(2,3)57-44(54)51-30-29-50-41(35-53(46(56)59-49(7,8)9)34-33-52(32-31-51)45(55)58-48(4,5)6)36-25-27-40(28-26-36)43(39-23-17-12-18-24-39)42(37-19-13-10-14-20-37)38-21-15-11-16-22-38/h10-28H,29-35H2,1-9H3/b50-41-. The summed E-state index contributed by atoms with van der Waals surface area (Å²) in [5.74, 6) is 0. The van der Waals surface area contributed by atoms with Crippen LogP contribution in [-0.4, -0.2) is 101 Å². The lowest BCUT2D eigenvalue weighted by Gasteiger charge is -2.33. The smallest absolute Gasteiger partial charge is 0.410 e. The zero-order chi connectivity index (χ0) is 42.8. The van der Waals surface area contributed by atoms with E-state index in [2.05, 4.69) is 72.8 Å². The minimum atomic E-state index is -0.756. The lowest BCUT2D eigenvalue weighted by molar-refractivity contribution is 0.00945. The van der Waals surface area contributed by atoms with E-state index < -0.39 is 35.1 Å². The second-order valence-electron chi connectivity index (χ2n) is 17.6. The van der Waals surface area contributed by atoms with Crippen molar-refractivity contribution >= 4 is 35.1 Å². The Bertz CT molecular complexity index is 2040. The molecule has 0 aliphatic carbocycles. The van der Waals surface area contributed by atoms with E-state index in [4.69, 9.17) is 19.2 Å². The summed E-state index contributed by atoms with van der Waals surface area (Å²) >= 11 is 0. The van der Waals surface area contributed by atoms with E-state index in [-0.39, 0.29) is 45.8 Å². The van der Waals surface area contributed by atoms with Crippen molar-refractivity contribution in [2.45, 2.75) is 79.1 Å². The first kappa shape index (κ1) is 44.2. The normalized spacial score (nSPS) is 15.5. The van der Waals surface area contributed by atoms with Crippen molar-refractivity contribution in [3.8, 4) is 0 Å². The molecule has 10 heteroatoms. The van der Waals surface area contributed by atoms with Gasteiger partial charge in [-0.05, 0) is 101 Å². The van der Waals surface area contributed by atoms with Crippen LogP contribution in [0.1, 0.15) is 90.1 Å². The third kappa shape index (κ3) is 13.3. The van der Waals surface area contributed by atoms with E-state index in [0.717, 1.165) is 39.0 Å². The first-order valence-electron chi connectivity index (χ1n) is 20.4. The highest BCUT2D eigenvalue weighted by atomic mass is 16.6. The monoisotopic (exact) mass is 800 g/mol. The number of benzene rings is 4. The molecule has 59 heavy (non-hydrogen) atoms.